The minimum atomic E-state index is 0. The molecule has 0 radical (unpaired) electrons. The zero-order valence-electron chi connectivity index (χ0n) is 17.8. The number of halogens is 1. The van der Waals surface area contributed by atoms with Crippen molar-refractivity contribution in [1.29, 1.82) is 0 Å². The number of aliphatic imine (C=N–C) groups is 1. The fraction of sp³-hybridized carbons (Fsp3) is 0.571. The van der Waals surface area contributed by atoms with Crippen LogP contribution in [0.5, 0.6) is 0 Å². The lowest BCUT2D eigenvalue weighted by Gasteiger charge is -2.29. The second-order valence-electron chi connectivity index (χ2n) is 7.34. The zero-order chi connectivity index (χ0) is 19.8. The number of guanidine groups is 1. The van der Waals surface area contributed by atoms with Gasteiger partial charge in [0, 0.05) is 33.1 Å². The lowest BCUT2D eigenvalue weighted by atomic mass is 10.0. The Kier molecular flexibility index (Phi) is 9.86. The Hall–Kier alpha value is -1.68. The van der Waals surface area contributed by atoms with Gasteiger partial charge in [-0.1, -0.05) is 36.8 Å². The molecule has 1 atom stereocenters. The van der Waals surface area contributed by atoms with Gasteiger partial charge in [0.25, 0.3) is 0 Å². The fourth-order valence-corrected chi connectivity index (χ4v) is 3.75. The molecule has 0 amide bonds. The van der Waals surface area contributed by atoms with E-state index in [1.54, 1.807) is 6.33 Å². The van der Waals surface area contributed by atoms with E-state index in [4.69, 9.17) is 0 Å². The van der Waals surface area contributed by atoms with Crippen LogP contribution in [0.4, 0.5) is 0 Å². The lowest BCUT2D eigenvalue weighted by molar-refractivity contribution is 0.245. The Balaban J connectivity index is 0.00000300. The number of rotatable bonds is 8. The summed E-state index contributed by atoms with van der Waals surface area (Å²) in [5.74, 6) is 1.85. The maximum absolute atomic E-state index is 4.39. The van der Waals surface area contributed by atoms with E-state index in [1.807, 2.05) is 7.05 Å². The third-order valence-corrected chi connectivity index (χ3v) is 5.39. The van der Waals surface area contributed by atoms with Crippen LogP contribution in [0.15, 0.2) is 35.6 Å². The highest BCUT2D eigenvalue weighted by Gasteiger charge is 2.23. The zero-order valence-corrected chi connectivity index (χ0v) is 20.1. The number of nitrogens with one attached hydrogen (secondary N) is 2. The van der Waals surface area contributed by atoms with Crippen LogP contribution in [0.25, 0.3) is 0 Å². The highest BCUT2D eigenvalue weighted by Crippen LogP contribution is 2.24. The summed E-state index contributed by atoms with van der Waals surface area (Å²) in [6.45, 7) is 9.01. The molecule has 2 aromatic rings. The van der Waals surface area contributed by atoms with Crippen molar-refractivity contribution in [2.75, 3.05) is 33.2 Å². The van der Waals surface area contributed by atoms with E-state index in [1.165, 1.54) is 37.1 Å². The standard InChI is InChI=1S/C21H33N7.HI/c1-4-20-26-25-16-28(20)14-11-23-21(22-3)24-15-19(27-12-5-6-13-27)18-9-7-17(2)8-10-18;/h7-10,16,19H,4-6,11-15H2,1-3H3,(H2,22,23,24);1H. The topological polar surface area (TPSA) is 70.4 Å². The second kappa shape index (κ2) is 12.1. The van der Waals surface area contributed by atoms with Gasteiger partial charge >= 0.3 is 0 Å². The molecule has 1 saturated heterocycles. The van der Waals surface area contributed by atoms with Gasteiger partial charge in [0.05, 0.1) is 6.04 Å². The molecule has 1 unspecified atom stereocenters. The first-order valence-corrected chi connectivity index (χ1v) is 10.3. The molecule has 1 aromatic heterocycles. The first-order chi connectivity index (χ1) is 13.7. The summed E-state index contributed by atoms with van der Waals surface area (Å²) in [6.07, 6.45) is 5.25. The van der Waals surface area contributed by atoms with Crippen molar-refractivity contribution >= 4 is 29.9 Å². The van der Waals surface area contributed by atoms with Gasteiger partial charge < -0.3 is 15.2 Å². The van der Waals surface area contributed by atoms with Crippen LogP contribution in [0.3, 0.4) is 0 Å². The van der Waals surface area contributed by atoms with Crippen LogP contribution < -0.4 is 10.6 Å². The molecule has 1 aliphatic rings. The molecule has 0 saturated carbocycles. The summed E-state index contributed by atoms with van der Waals surface area (Å²) in [5.41, 5.74) is 2.67. The summed E-state index contributed by atoms with van der Waals surface area (Å²) in [7, 11) is 1.82. The number of aryl methyl sites for hydroxylation is 2. The summed E-state index contributed by atoms with van der Waals surface area (Å²) < 4.78 is 2.08. The van der Waals surface area contributed by atoms with Gasteiger partial charge in [0.15, 0.2) is 5.96 Å². The van der Waals surface area contributed by atoms with Crippen molar-refractivity contribution < 1.29 is 0 Å². The van der Waals surface area contributed by atoms with Crippen LogP contribution >= 0.6 is 24.0 Å². The van der Waals surface area contributed by atoms with Crippen LogP contribution in [0.1, 0.15) is 42.8 Å². The number of likely N-dealkylation sites (tertiary alicyclic amines) is 1. The average Bonchev–Trinajstić information content (AvgIpc) is 3.40. The van der Waals surface area contributed by atoms with Gasteiger partial charge in [-0.2, -0.15) is 0 Å². The molecular formula is C21H34IN7. The molecule has 160 valence electrons. The third-order valence-electron chi connectivity index (χ3n) is 5.39. The fourth-order valence-electron chi connectivity index (χ4n) is 3.75. The van der Waals surface area contributed by atoms with Crippen molar-refractivity contribution in [1.82, 2.24) is 30.3 Å². The minimum absolute atomic E-state index is 0. The molecule has 2 N–H and O–H groups in total. The Morgan fingerprint density at radius 1 is 1.17 bits per heavy atom. The summed E-state index contributed by atoms with van der Waals surface area (Å²) in [5, 5.41) is 15.1. The Morgan fingerprint density at radius 3 is 2.55 bits per heavy atom. The largest absolute Gasteiger partial charge is 0.355 e. The molecule has 3 rings (SSSR count). The van der Waals surface area contributed by atoms with Crippen LogP contribution in [0.2, 0.25) is 0 Å². The molecule has 29 heavy (non-hydrogen) atoms. The first-order valence-electron chi connectivity index (χ1n) is 10.3. The smallest absolute Gasteiger partial charge is 0.191 e. The number of benzene rings is 1. The van der Waals surface area contributed by atoms with E-state index >= 15 is 0 Å². The van der Waals surface area contributed by atoms with Gasteiger partial charge in [-0.15, -0.1) is 34.2 Å². The van der Waals surface area contributed by atoms with Crippen LogP contribution in [-0.4, -0.2) is 58.9 Å². The molecule has 1 fully saturated rings. The third kappa shape index (κ3) is 6.67. The van der Waals surface area contributed by atoms with Crippen molar-refractivity contribution in [3.63, 3.8) is 0 Å². The molecule has 1 aromatic carbocycles. The van der Waals surface area contributed by atoms with E-state index in [2.05, 4.69) is 73.4 Å². The predicted molar refractivity (Wildman–Crippen MR) is 129 cm³/mol. The van der Waals surface area contributed by atoms with Gasteiger partial charge in [-0.25, -0.2) is 0 Å². The van der Waals surface area contributed by atoms with Gasteiger partial charge in [0.2, 0.25) is 0 Å². The van der Waals surface area contributed by atoms with E-state index in [-0.39, 0.29) is 24.0 Å². The molecule has 0 spiro atoms. The van der Waals surface area contributed by atoms with Crippen LogP contribution in [0, 0.1) is 6.92 Å². The van der Waals surface area contributed by atoms with Gasteiger partial charge in [0.1, 0.15) is 12.2 Å². The Morgan fingerprint density at radius 2 is 1.90 bits per heavy atom. The van der Waals surface area contributed by atoms with E-state index in [0.717, 1.165) is 37.8 Å². The quantitative estimate of drug-likeness (QED) is 0.324. The van der Waals surface area contributed by atoms with Gasteiger partial charge in [-0.3, -0.25) is 9.89 Å². The van der Waals surface area contributed by atoms with Crippen molar-refractivity contribution in [3.05, 3.63) is 47.5 Å². The monoisotopic (exact) mass is 511 g/mol. The average molecular weight is 511 g/mol. The number of aromatic nitrogens is 3. The maximum atomic E-state index is 4.39. The number of nitrogens with zero attached hydrogens (tertiary/aromatic N) is 5. The normalized spacial score (nSPS) is 15.8. The SMILES string of the molecule is CCc1nncn1CCNC(=NC)NCC(c1ccc(C)cc1)N1CCCC1.I. The molecule has 0 bridgehead atoms. The molecule has 0 aliphatic carbocycles. The van der Waals surface area contributed by atoms with Crippen molar-refractivity contribution in [3.8, 4) is 0 Å². The predicted octanol–water partition coefficient (Wildman–Crippen LogP) is 2.77. The second-order valence-corrected chi connectivity index (χ2v) is 7.34. The first kappa shape index (κ1) is 23.6. The summed E-state index contributed by atoms with van der Waals surface area (Å²) in [6, 6.07) is 9.29. The van der Waals surface area contributed by atoms with Crippen molar-refractivity contribution in [2.24, 2.45) is 4.99 Å². The molecule has 2 heterocycles. The Bertz CT molecular complexity index is 751. The summed E-state index contributed by atoms with van der Waals surface area (Å²) >= 11 is 0. The number of hydrogen-bond acceptors (Lipinski definition) is 4. The minimum Gasteiger partial charge on any atom is -0.355 e. The van der Waals surface area contributed by atoms with Gasteiger partial charge in [-0.05, 0) is 38.4 Å². The molecule has 7 nitrogen and oxygen atoms in total. The van der Waals surface area contributed by atoms with E-state index in [9.17, 15) is 0 Å². The maximum Gasteiger partial charge on any atom is 0.191 e. The Labute approximate surface area is 191 Å². The lowest BCUT2D eigenvalue weighted by Crippen LogP contribution is -2.43. The molecule has 8 heteroatoms. The molecular weight excluding hydrogens is 477 g/mol. The number of hydrogen-bond donors (Lipinski definition) is 2. The highest BCUT2D eigenvalue weighted by molar-refractivity contribution is 14.0. The summed E-state index contributed by atoms with van der Waals surface area (Å²) in [4.78, 5) is 6.97. The van der Waals surface area contributed by atoms with E-state index < -0.39 is 0 Å². The highest BCUT2D eigenvalue weighted by atomic mass is 127. The molecule has 1 aliphatic heterocycles. The van der Waals surface area contributed by atoms with Crippen LogP contribution in [-0.2, 0) is 13.0 Å². The van der Waals surface area contributed by atoms with Crippen molar-refractivity contribution in [2.45, 2.75) is 45.7 Å². The van der Waals surface area contributed by atoms with E-state index in [0.29, 0.717) is 6.04 Å².